The topological polar surface area (TPSA) is 101 Å². The summed E-state index contributed by atoms with van der Waals surface area (Å²) in [4.78, 5) is 36.3. The Labute approximate surface area is 167 Å². The van der Waals surface area contributed by atoms with E-state index in [0.717, 1.165) is 12.1 Å². The van der Waals surface area contributed by atoms with E-state index < -0.39 is 4.92 Å². The molecule has 8 heteroatoms. The van der Waals surface area contributed by atoms with E-state index >= 15 is 0 Å². The van der Waals surface area contributed by atoms with Crippen LogP contribution in [-0.4, -0.2) is 28.2 Å². The Morgan fingerprint density at radius 3 is 2.31 bits per heavy atom. The molecule has 0 unspecified atom stereocenters. The number of aromatic nitrogens is 1. The van der Waals surface area contributed by atoms with Gasteiger partial charge in [0.25, 0.3) is 5.69 Å². The lowest BCUT2D eigenvalue weighted by molar-refractivity contribution is -0.384. The van der Waals surface area contributed by atoms with Crippen molar-refractivity contribution in [1.82, 2.24) is 4.57 Å². The Hall–Kier alpha value is -3.42. The Balaban J connectivity index is 2.01. The molecular weight excluding hydrogens is 376 g/mol. The lowest BCUT2D eigenvalue weighted by Crippen LogP contribution is -2.24. The normalized spacial score (nSPS) is 13.5. The zero-order chi connectivity index (χ0) is 21.3. The van der Waals surface area contributed by atoms with Gasteiger partial charge in [-0.25, -0.2) is 0 Å². The van der Waals surface area contributed by atoms with E-state index in [1.54, 1.807) is 6.92 Å². The van der Waals surface area contributed by atoms with E-state index in [4.69, 9.17) is 9.47 Å². The van der Waals surface area contributed by atoms with Gasteiger partial charge in [0.1, 0.15) is 18.1 Å². The zero-order valence-corrected chi connectivity index (χ0v) is 16.8. The van der Waals surface area contributed by atoms with Crippen LogP contribution in [0.3, 0.4) is 0 Å². The van der Waals surface area contributed by atoms with Crippen LogP contribution in [-0.2, 0) is 17.9 Å². The lowest BCUT2D eigenvalue weighted by Gasteiger charge is -2.18. The van der Waals surface area contributed by atoms with Gasteiger partial charge in [-0.3, -0.25) is 19.7 Å². The molecule has 1 aliphatic rings. The maximum Gasteiger partial charge on any atom is 0.269 e. The SMILES string of the molecule is CCCn1c(C)c(COc2ccc([N+](=O)[O-])cc2)c2c1C(=O)C(C)=C(OC)C2=O. The summed E-state index contributed by atoms with van der Waals surface area (Å²) in [5.41, 5.74) is 2.34. The molecule has 8 nitrogen and oxygen atoms in total. The number of hydrogen-bond donors (Lipinski definition) is 0. The van der Waals surface area contributed by atoms with Gasteiger partial charge in [-0.15, -0.1) is 0 Å². The van der Waals surface area contributed by atoms with E-state index in [-0.39, 0.29) is 29.6 Å². The van der Waals surface area contributed by atoms with Crippen LogP contribution in [0.2, 0.25) is 0 Å². The van der Waals surface area contributed by atoms with E-state index in [1.807, 2.05) is 18.4 Å². The van der Waals surface area contributed by atoms with Gasteiger partial charge in [0.2, 0.25) is 11.6 Å². The number of nitrogens with zero attached hydrogens (tertiary/aromatic N) is 2. The predicted octanol–water partition coefficient (Wildman–Crippen LogP) is 3.99. The van der Waals surface area contributed by atoms with Crippen molar-refractivity contribution in [2.24, 2.45) is 0 Å². The van der Waals surface area contributed by atoms with Crippen molar-refractivity contribution in [2.75, 3.05) is 7.11 Å². The van der Waals surface area contributed by atoms with Crippen molar-refractivity contribution in [1.29, 1.82) is 0 Å². The molecule has 152 valence electrons. The number of rotatable bonds is 7. The maximum absolute atomic E-state index is 13.0. The fraction of sp³-hybridized carbons (Fsp3) is 0.333. The number of ether oxygens (including phenoxy) is 2. The van der Waals surface area contributed by atoms with Gasteiger partial charge in [0.15, 0.2) is 5.76 Å². The molecule has 0 spiro atoms. The van der Waals surface area contributed by atoms with Crippen LogP contribution in [0.25, 0.3) is 0 Å². The highest BCUT2D eigenvalue weighted by Gasteiger charge is 2.38. The average Bonchev–Trinajstić information content (AvgIpc) is 2.98. The molecule has 3 rings (SSSR count). The highest BCUT2D eigenvalue weighted by Crippen LogP contribution is 2.34. The second-order valence-electron chi connectivity index (χ2n) is 6.80. The number of hydrogen-bond acceptors (Lipinski definition) is 6. The van der Waals surface area contributed by atoms with Crippen molar-refractivity contribution in [3.8, 4) is 5.75 Å². The van der Waals surface area contributed by atoms with E-state index in [0.29, 0.717) is 34.7 Å². The summed E-state index contributed by atoms with van der Waals surface area (Å²) < 4.78 is 12.9. The van der Waals surface area contributed by atoms with Gasteiger partial charge in [0, 0.05) is 35.5 Å². The minimum atomic E-state index is -0.486. The van der Waals surface area contributed by atoms with Gasteiger partial charge in [-0.1, -0.05) is 6.92 Å². The minimum absolute atomic E-state index is 0.0360. The number of fused-ring (bicyclic) bond motifs is 1. The number of carbonyl (C=O) groups excluding carboxylic acids is 2. The first-order chi connectivity index (χ1) is 13.8. The molecule has 1 aromatic heterocycles. The van der Waals surface area contributed by atoms with Gasteiger partial charge >= 0.3 is 0 Å². The van der Waals surface area contributed by atoms with Crippen LogP contribution < -0.4 is 4.74 Å². The van der Waals surface area contributed by atoms with E-state index in [2.05, 4.69) is 0 Å². The summed E-state index contributed by atoms with van der Waals surface area (Å²) in [5.74, 6) is -0.0811. The number of allylic oxidation sites excluding steroid dienone is 2. The van der Waals surface area contributed by atoms with Crippen molar-refractivity contribution in [2.45, 2.75) is 40.3 Å². The number of non-ortho nitro benzene ring substituents is 1. The van der Waals surface area contributed by atoms with Gasteiger partial charge in [0.05, 0.1) is 17.6 Å². The number of nitro benzene ring substituents is 1. The van der Waals surface area contributed by atoms with Gasteiger partial charge in [-0.05, 0) is 32.4 Å². The largest absolute Gasteiger partial charge is 0.492 e. The van der Waals surface area contributed by atoms with E-state index in [1.165, 1.54) is 31.4 Å². The molecule has 1 aliphatic carbocycles. The third-order valence-corrected chi connectivity index (χ3v) is 5.06. The Kier molecular flexibility index (Phi) is 5.54. The fourth-order valence-corrected chi connectivity index (χ4v) is 3.58. The number of ketones is 2. The van der Waals surface area contributed by atoms with Crippen LogP contribution >= 0.6 is 0 Å². The zero-order valence-electron chi connectivity index (χ0n) is 16.8. The third kappa shape index (κ3) is 3.41. The smallest absolute Gasteiger partial charge is 0.269 e. The Morgan fingerprint density at radius 1 is 1.10 bits per heavy atom. The van der Waals surface area contributed by atoms with E-state index in [9.17, 15) is 19.7 Å². The molecule has 29 heavy (non-hydrogen) atoms. The van der Waals surface area contributed by atoms with Crippen molar-refractivity contribution < 1.29 is 24.0 Å². The van der Waals surface area contributed by atoms with Gasteiger partial charge in [-0.2, -0.15) is 0 Å². The highest BCUT2D eigenvalue weighted by molar-refractivity contribution is 6.26. The fourth-order valence-electron chi connectivity index (χ4n) is 3.58. The predicted molar refractivity (Wildman–Crippen MR) is 105 cm³/mol. The first kappa shape index (κ1) is 20.3. The number of benzene rings is 1. The number of methoxy groups -OCH3 is 1. The van der Waals surface area contributed by atoms with Crippen molar-refractivity contribution >= 4 is 17.3 Å². The molecule has 0 saturated carbocycles. The standard InChI is InChI=1S/C21H22N2O6/c1-5-10-22-13(3)16(11-29-15-8-6-14(7-9-15)23(26)27)17-18(22)19(24)12(2)21(28-4)20(17)25/h6-9H,5,10-11H2,1-4H3. The first-order valence-electron chi connectivity index (χ1n) is 9.25. The Morgan fingerprint density at radius 2 is 1.76 bits per heavy atom. The summed E-state index contributed by atoms with van der Waals surface area (Å²) in [6.07, 6.45) is 0.798. The molecule has 0 amide bonds. The number of Topliss-reactive ketones (excluding diaryl/α,β-unsaturated/α-hetero) is 2. The van der Waals surface area contributed by atoms with Crippen molar-refractivity contribution in [3.63, 3.8) is 0 Å². The van der Waals surface area contributed by atoms with Crippen LogP contribution in [0.5, 0.6) is 5.75 Å². The average molecular weight is 398 g/mol. The molecule has 2 aromatic rings. The number of carbonyl (C=O) groups is 2. The third-order valence-electron chi connectivity index (χ3n) is 5.06. The van der Waals surface area contributed by atoms with Crippen molar-refractivity contribution in [3.05, 3.63) is 68.2 Å². The van der Waals surface area contributed by atoms with Crippen LogP contribution in [0.4, 0.5) is 5.69 Å². The summed E-state index contributed by atoms with van der Waals surface area (Å²) in [5, 5.41) is 10.8. The molecular formula is C21H22N2O6. The summed E-state index contributed by atoms with van der Waals surface area (Å²) in [7, 11) is 1.37. The van der Waals surface area contributed by atoms with Crippen LogP contribution in [0, 0.1) is 17.0 Å². The first-order valence-corrected chi connectivity index (χ1v) is 9.25. The molecule has 1 aromatic carbocycles. The molecule has 0 aliphatic heterocycles. The molecule has 0 N–H and O–H groups in total. The second-order valence-corrected chi connectivity index (χ2v) is 6.80. The van der Waals surface area contributed by atoms with Crippen LogP contribution in [0.1, 0.15) is 52.4 Å². The quantitative estimate of drug-likeness (QED) is 0.516. The molecule has 1 heterocycles. The minimum Gasteiger partial charge on any atom is -0.492 e. The molecule has 0 bridgehead atoms. The van der Waals surface area contributed by atoms with Crippen LogP contribution in [0.15, 0.2) is 35.6 Å². The lowest BCUT2D eigenvalue weighted by atomic mass is 9.91. The second kappa shape index (κ2) is 7.90. The molecule has 0 saturated heterocycles. The summed E-state index contributed by atoms with van der Waals surface area (Å²) >= 11 is 0. The molecule has 0 fully saturated rings. The maximum atomic E-state index is 13.0. The highest BCUT2D eigenvalue weighted by atomic mass is 16.6. The monoisotopic (exact) mass is 398 g/mol. The van der Waals surface area contributed by atoms with Gasteiger partial charge < -0.3 is 14.0 Å². The molecule has 0 atom stereocenters. The number of nitro groups is 1. The Bertz CT molecular complexity index is 1030. The summed E-state index contributed by atoms with van der Waals surface area (Å²) in [6.45, 7) is 6.09. The summed E-state index contributed by atoms with van der Waals surface area (Å²) in [6, 6.07) is 5.70. The molecule has 0 radical (unpaired) electrons.